The van der Waals surface area contributed by atoms with E-state index in [1.165, 1.54) is 44.6 Å². The molecule has 148 valence electrons. The third-order valence-electron chi connectivity index (χ3n) is 6.97. The molecule has 0 saturated carbocycles. The van der Waals surface area contributed by atoms with Crippen LogP contribution in [0, 0.1) is 5.92 Å². The number of hydrogen-bond donors (Lipinski definition) is 0. The third kappa shape index (κ3) is 3.81. The van der Waals surface area contributed by atoms with Gasteiger partial charge in [-0.1, -0.05) is 30.3 Å². The van der Waals surface area contributed by atoms with E-state index in [9.17, 15) is 0 Å². The van der Waals surface area contributed by atoms with E-state index >= 15 is 0 Å². The van der Waals surface area contributed by atoms with Crippen molar-refractivity contribution in [3.05, 3.63) is 35.9 Å². The summed E-state index contributed by atoms with van der Waals surface area (Å²) in [6.07, 6.45) is 2.48. The molecule has 4 saturated heterocycles. The van der Waals surface area contributed by atoms with Crippen LogP contribution in [-0.2, 0) is 16.0 Å². The van der Waals surface area contributed by atoms with Crippen molar-refractivity contribution in [2.24, 2.45) is 5.92 Å². The maximum Gasteiger partial charge on any atom is 0.0635 e. The van der Waals surface area contributed by atoms with Crippen molar-refractivity contribution in [3.63, 3.8) is 0 Å². The molecule has 4 aliphatic heterocycles. The van der Waals surface area contributed by atoms with Gasteiger partial charge in [-0.05, 0) is 24.3 Å². The molecule has 5 nitrogen and oxygen atoms in total. The van der Waals surface area contributed by atoms with Crippen molar-refractivity contribution in [1.82, 2.24) is 14.7 Å². The maximum atomic E-state index is 5.85. The van der Waals surface area contributed by atoms with E-state index in [-0.39, 0.29) is 0 Å². The Hall–Kier alpha value is -0.980. The van der Waals surface area contributed by atoms with Crippen LogP contribution >= 0.6 is 0 Å². The van der Waals surface area contributed by atoms with E-state index in [2.05, 4.69) is 45.0 Å². The molecule has 4 heterocycles. The second kappa shape index (κ2) is 7.80. The molecule has 0 unspecified atom stereocenters. The summed E-state index contributed by atoms with van der Waals surface area (Å²) >= 11 is 0. The second-order valence-corrected chi connectivity index (χ2v) is 9.03. The molecule has 1 aromatic rings. The molecule has 0 aromatic heterocycles. The molecule has 1 spiro atoms. The number of ether oxygens (including phenoxy) is 2. The summed E-state index contributed by atoms with van der Waals surface area (Å²) in [4.78, 5) is 8.18. The van der Waals surface area contributed by atoms with E-state index in [0.717, 1.165) is 52.0 Å². The Balaban J connectivity index is 1.25. The highest BCUT2D eigenvalue weighted by molar-refractivity contribution is 5.17. The smallest absolute Gasteiger partial charge is 0.0635 e. The van der Waals surface area contributed by atoms with Crippen LogP contribution in [0.5, 0.6) is 0 Å². The Morgan fingerprint density at radius 2 is 1.70 bits per heavy atom. The van der Waals surface area contributed by atoms with Gasteiger partial charge in [0.2, 0.25) is 0 Å². The minimum absolute atomic E-state index is 0.340. The average Bonchev–Trinajstić information content (AvgIpc) is 2.68. The molecule has 5 heteroatoms. The number of benzene rings is 1. The van der Waals surface area contributed by atoms with Gasteiger partial charge in [-0.25, -0.2) is 0 Å². The Morgan fingerprint density at radius 1 is 0.926 bits per heavy atom. The molecular weight excluding hydrogens is 338 g/mol. The van der Waals surface area contributed by atoms with E-state index in [1.807, 2.05) is 0 Å². The lowest BCUT2D eigenvalue weighted by Gasteiger charge is -2.64. The molecule has 0 radical (unpaired) electrons. The minimum Gasteiger partial charge on any atom is -0.381 e. The van der Waals surface area contributed by atoms with Gasteiger partial charge in [-0.2, -0.15) is 0 Å². The molecule has 1 atom stereocenters. The van der Waals surface area contributed by atoms with Gasteiger partial charge in [0.15, 0.2) is 0 Å². The first-order valence-electron chi connectivity index (χ1n) is 10.7. The Kier molecular flexibility index (Phi) is 5.22. The first-order valence-corrected chi connectivity index (χ1v) is 10.7. The molecule has 0 bridgehead atoms. The first kappa shape index (κ1) is 18.1. The predicted octanol–water partition coefficient (Wildman–Crippen LogP) is 1.68. The fraction of sp³-hybridized carbons (Fsp3) is 0.727. The van der Waals surface area contributed by atoms with E-state index in [0.29, 0.717) is 11.6 Å². The topological polar surface area (TPSA) is 28.2 Å². The quantitative estimate of drug-likeness (QED) is 0.803. The Bertz CT molecular complexity index is 613. The number of piperazine rings is 1. The third-order valence-corrected chi connectivity index (χ3v) is 6.97. The minimum atomic E-state index is 0.340. The summed E-state index contributed by atoms with van der Waals surface area (Å²) in [6, 6.07) is 11.5. The van der Waals surface area contributed by atoms with Gasteiger partial charge in [0, 0.05) is 65.1 Å². The summed E-state index contributed by atoms with van der Waals surface area (Å²) in [7, 11) is 0. The summed E-state index contributed by atoms with van der Waals surface area (Å²) < 4.78 is 11.4. The zero-order valence-electron chi connectivity index (χ0n) is 16.4. The van der Waals surface area contributed by atoms with Gasteiger partial charge in [0.1, 0.15) is 0 Å². The van der Waals surface area contributed by atoms with Crippen LogP contribution in [0.15, 0.2) is 30.3 Å². The van der Waals surface area contributed by atoms with Gasteiger partial charge >= 0.3 is 0 Å². The SMILES string of the molecule is c1ccc(CN2C[C@@H]3COCCN3C3(C2)CN(CC2CCOCC2)C3)cc1. The summed E-state index contributed by atoms with van der Waals surface area (Å²) in [6.45, 7) is 11.9. The lowest BCUT2D eigenvalue weighted by atomic mass is 9.81. The van der Waals surface area contributed by atoms with E-state index in [4.69, 9.17) is 9.47 Å². The van der Waals surface area contributed by atoms with Gasteiger partial charge in [0.25, 0.3) is 0 Å². The van der Waals surface area contributed by atoms with Crippen molar-refractivity contribution in [1.29, 1.82) is 0 Å². The molecule has 0 aliphatic carbocycles. The fourth-order valence-electron chi connectivity index (χ4n) is 5.75. The predicted molar refractivity (Wildman–Crippen MR) is 106 cm³/mol. The number of nitrogens with zero attached hydrogens (tertiary/aromatic N) is 3. The first-order chi connectivity index (χ1) is 13.3. The summed E-state index contributed by atoms with van der Waals surface area (Å²) in [5.41, 5.74) is 1.77. The molecular formula is C22H33N3O2. The Morgan fingerprint density at radius 3 is 2.52 bits per heavy atom. The summed E-state index contributed by atoms with van der Waals surface area (Å²) in [5, 5.41) is 0. The van der Waals surface area contributed by atoms with Crippen LogP contribution in [0.1, 0.15) is 18.4 Å². The highest BCUT2D eigenvalue weighted by Crippen LogP contribution is 2.37. The average molecular weight is 372 g/mol. The van der Waals surface area contributed by atoms with E-state index in [1.54, 1.807) is 0 Å². The Labute approximate surface area is 163 Å². The monoisotopic (exact) mass is 371 g/mol. The number of morpholine rings is 1. The highest BCUT2D eigenvalue weighted by atomic mass is 16.5. The van der Waals surface area contributed by atoms with Crippen LogP contribution in [0.25, 0.3) is 0 Å². The molecule has 0 amide bonds. The van der Waals surface area contributed by atoms with E-state index < -0.39 is 0 Å². The van der Waals surface area contributed by atoms with Crippen molar-refractivity contribution < 1.29 is 9.47 Å². The molecule has 0 N–H and O–H groups in total. The van der Waals surface area contributed by atoms with Crippen LogP contribution in [0.2, 0.25) is 0 Å². The lowest BCUT2D eigenvalue weighted by molar-refractivity contribution is -0.169. The van der Waals surface area contributed by atoms with Crippen LogP contribution in [0.4, 0.5) is 0 Å². The van der Waals surface area contributed by atoms with Crippen molar-refractivity contribution >= 4 is 0 Å². The van der Waals surface area contributed by atoms with Gasteiger partial charge < -0.3 is 9.47 Å². The van der Waals surface area contributed by atoms with Gasteiger partial charge in [-0.15, -0.1) is 0 Å². The maximum absolute atomic E-state index is 5.85. The second-order valence-electron chi connectivity index (χ2n) is 9.03. The molecule has 27 heavy (non-hydrogen) atoms. The zero-order valence-corrected chi connectivity index (χ0v) is 16.4. The number of likely N-dealkylation sites (tertiary alicyclic amines) is 1. The highest BCUT2D eigenvalue weighted by Gasteiger charge is 2.54. The summed E-state index contributed by atoms with van der Waals surface area (Å²) in [5.74, 6) is 0.834. The van der Waals surface area contributed by atoms with Crippen LogP contribution in [0.3, 0.4) is 0 Å². The largest absolute Gasteiger partial charge is 0.381 e. The number of fused-ring (bicyclic) bond motifs is 2. The number of hydrogen-bond acceptors (Lipinski definition) is 5. The molecule has 4 fully saturated rings. The van der Waals surface area contributed by atoms with Crippen molar-refractivity contribution in [2.75, 3.05) is 65.7 Å². The van der Waals surface area contributed by atoms with Gasteiger partial charge in [0.05, 0.1) is 18.8 Å². The normalized spacial score (nSPS) is 30.1. The van der Waals surface area contributed by atoms with Crippen LogP contribution in [-0.4, -0.2) is 92.0 Å². The number of rotatable bonds is 4. The zero-order chi connectivity index (χ0) is 18.1. The fourth-order valence-corrected chi connectivity index (χ4v) is 5.75. The van der Waals surface area contributed by atoms with Crippen LogP contribution < -0.4 is 0 Å². The molecule has 4 aliphatic rings. The van der Waals surface area contributed by atoms with Gasteiger partial charge in [-0.3, -0.25) is 14.7 Å². The van der Waals surface area contributed by atoms with Crippen molar-refractivity contribution in [2.45, 2.75) is 31.0 Å². The lowest BCUT2D eigenvalue weighted by Crippen LogP contribution is -2.80. The molecule has 1 aromatic carbocycles. The standard InChI is InChI=1S/C22H33N3O2/c1-2-4-19(5-3-1)12-23-14-21-15-27-11-8-25(21)22(16-23)17-24(18-22)13-20-6-9-26-10-7-20/h1-5,20-21H,6-18H2/t21-/m1/s1. The van der Waals surface area contributed by atoms with Crippen molar-refractivity contribution in [3.8, 4) is 0 Å². The molecule has 5 rings (SSSR count).